The van der Waals surface area contributed by atoms with E-state index >= 15 is 0 Å². The van der Waals surface area contributed by atoms with Crippen LogP contribution in [0.5, 0.6) is 0 Å². The molecule has 0 heterocycles. The van der Waals surface area contributed by atoms with Crippen LogP contribution < -0.4 is 5.32 Å². The Hall–Kier alpha value is -1.92. The van der Waals surface area contributed by atoms with E-state index in [9.17, 15) is 19.8 Å². The molecule has 6 heteroatoms. The Morgan fingerprint density at radius 3 is 0.918 bits per heavy atom. The first-order chi connectivity index (χ1) is 42.0. The van der Waals surface area contributed by atoms with E-state index in [1.807, 2.05) is 0 Å². The number of aliphatic hydroxyl groups is 2. The van der Waals surface area contributed by atoms with Crippen molar-refractivity contribution in [3.8, 4) is 0 Å². The molecule has 0 bridgehead atoms. The Morgan fingerprint density at radius 1 is 0.329 bits per heavy atom. The third-order valence-corrected chi connectivity index (χ3v) is 18.2. The van der Waals surface area contributed by atoms with Gasteiger partial charge in [-0.05, 0) is 83.5 Å². The molecule has 85 heavy (non-hydrogen) atoms. The molecule has 0 radical (unpaired) electrons. The third-order valence-electron chi connectivity index (χ3n) is 18.2. The standard InChI is InChI=1S/C79H151NO5/c1-3-5-7-9-11-13-15-17-19-21-22-23-24-28-31-34-37-40-43-47-51-55-59-63-67-71-77(82)76(75-81)80-78(83)72-68-64-60-56-52-48-44-41-38-35-32-29-26-25-27-30-33-36-39-42-46-50-54-58-62-66-70-74-85-79(84)73-69-65-61-57-53-49-45-20-18-16-14-12-10-8-6-4-2/h14,16,20,25-26,45,76-77,81-82H,3-13,15,17-19,21-24,27-44,46-75H2,1-2H3,(H,80,83)/b16-14-,26-25-,45-20-. The quantitative estimate of drug-likeness (QED) is 0.0320. The average Bonchev–Trinajstić information content (AvgIpc) is 3.51. The lowest BCUT2D eigenvalue weighted by molar-refractivity contribution is -0.143. The van der Waals surface area contributed by atoms with E-state index in [0.29, 0.717) is 25.9 Å². The molecule has 2 unspecified atom stereocenters. The molecule has 502 valence electrons. The number of nitrogens with one attached hydrogen (secondary N) is 1. The lowest BCUT2D eigenvalue weighted by Gasteiger charge is -2.22. The molecule has 2 atom stereocenters. The van der Waals surface area contributed by atoms with Gasteiger partial charge in [-0.25, -0.2) is 0 Å². The van der Waals surface area contributed by atoms with Crippen molar-refractivity contribution >= 4 is 11.9 Å². The molecule has 6 nitrogen and oxygen atoms in total. The van der Waals surface area contributed by atoms with Crippen LogP contribution in [0.1, 0.15) is 431 Å². The van der Waals surface area contributed by atoms with Gasteiger partial charge in [-0.1, -0.05) is 371 Å². The van der Waals surface area contributed by atoms with E-state index in [2.05, 4.69) is 55.6 Å². The van der Waals surface area contributed by atoms with E-state index < -0.39 is 12.1 Å². The Kier molecular flexibility index (Phi) is 72.9. The summed E-state index contributed by atoms with van der Waals surface area (Å²) in [5.74, 6) is -0.0283. The van der Waals surface area contributed by atoms with Crippen molar-refractivity contribution in [1.29, 1.82) is 0 Å². The number of allylic oxidation sites excluding steroid dienone is 6. The van der Waals surface area contributed by atoms with Crippen molar-refractivity contribution in [3.05, 3.63) is 36.5 Å². The van der Waals surface area contributed by atoms with Crippen LogP contribution in [-0.2, 0) is 14.3 Å². The number of carbonyl (C=O) groups excluding carboxylic acids is 2. The van der Waals surface area contributed by atoms with Gasteiger partial charge >= 0.3 is 5.97 Å². The molecule has 3 N–H and O–H groups in total. The fourth-order valence-corrected chi connectivity index (χ4v) is 12.3. The Balaban J connectivity index is 3.39. The maximum Gasteiger partial charge on any atom is 0.305 e. The van der Waals surface area contributed by atoms with Crippen molar-refractivity contribution in [2.45, 2.75) is 443 Å². The second-order valence-corrected chi connectivity index (χ2v) is 26.7. The van der Waals surface area contributed by atoms with Crippen LogP contribution in [0.15, 0.2) is 36.5 Å². The topological polar surface area (TPSA) is 95.9 Å². The largest absolute Gasteiger partial charge is 0.466 e. The van der Waals surface area contributed by atoms with Gasteiger partial charge < -0.3 is 20.3 Å². The molecule has 0 fully saturated rings. The monoisotopic (exact) mass is 1190 g/mol. The molecule has 1 amide bonds. The number of rotatable bonds is 73. The van der Waals surface area contributed by atoms with Gasteiger partial charge in [0.05, 0.1) is 25.4 Å². The third kappa shape index (κ3) is 71.0. The number of hydrogen-bond acceptors (Lipinski definition) is 5. The van der Waals surface area contributed by atoms with Gasteiger partial charge in [-0.15, -0.1) is 0 Å². The summed E-state index contributed by atoms with van der Waals surface area (Å²) in [4.78, 5) is 24.7. The van der Waals surface area contributed by atoms with Crippen molar-refractivity contribution in [1.82, 2.24) is 5.32 Å². The Bertz CT molecular complexity index is 1380. The van der Waals surface area contributed by atoms with Crippen molar-refractivity contribution in [2.24, 2.45) is 0 Å². The zero-order chi connectivity index (χ0) is 61.3. The zero-order valence-electron chi connectivity index (χ0n) is 57.6. The van der Waals surface area contributed by atoms with E-state index in [4.69, 9.17) is 4.74 Å². The van der Waals surface area contributed by atoms with Crippen LogP contribution in [0.2, 0.25) is 0 Å². The SMILES string of the molecule is CCCCCC/C=C\C/C=C\CCCCCCCC(=O)OCCCCCCCCCCCCCC/C=C\CCCCCCCCCCCCCC(=O)NC(CO)C(O)CCCCCCCCCCCCCCCCCCCCCCCCCCC. The van der Waals surface area contributed by atoms with Crippen molar-refractivity contribution in [3.63, 3.8) is 0 Å². The highest BCUT2D eigenvalue weighted by atomic mass is 16.5. The van der Waals surface area contributed by atoms with Gasteiger partial charge in [-0.2, -0.15) is 0 Å². The summed E-state index contributed by atoms with van der Waals surface area (Å²) in [6.07, 6.45) is 96.5. The summed E-state index contributed by atoms with van der Waals surface area (Å²) in [5.41, 5.74) is 0. The number of carbonyl (C=O) groups is 2. The first kappa shape index (κ1) is 83.1. The highest BCUT2D eigenvalue weighted by Crippen LogP contribution is 2.19. The molecule has 0 saturated heterocycles. The lowest BCUT2D eigenvalue weighted by atomic mass is 10.0. The Labute approximate surface area is 532 Å². The fraction of sp³-hybridized carbons (Fsp3) is 0.899. The number of ether oxygens (including phenoxy) is 1. The number of hydrogen-bond donors (Lipinski definition) is 3. The van der Waals surface area contributed by atoms with E-state index in [1.165, 1.54) is 347 Å². The first-order valence-corrected chi connectivity index (χ1v) is 38.7. The smallest absolute Gasteiger partial charge is 0.305 e. The van der Waals surface area contributed by atoms with Crippen LogP contribution in [0.25, 0.3) is 0 Å². The molecular weight excluding hydrogens is 1040 g/mol. The average molecular weight is 1200 g/mol. The van der Waals surface area contributed by atoms with Crippen LogP contribution >= 0.6 is 0 Å². The highest BCUT2D eigenvalue weighted by molar-refractivity contribution is 5.76. The number of unbranched alkanes of at least 4 members (excludes halogenated alkanes) is 56. The minimum absolute atomic E-state index is 0.00246. The summed E-state index contributed by atoms with van der Waals surface area (Å²) >= 11 is 0. The van der Waals surface area contributed by atoms with Gasteiger partial charge in [0, 0.05) is 12.8 Å². The Morgan fingerprint density at radius 2 is 0.588 bits per heavy atom. The zero-order valence-corrected chi connectivity index (χ0v) is 57.6. The molecular formula is C79H151NO5. The molecule has 0 aromatic rings. The fourth-order valence-electron chi connectivity index (χ4n) is 12.3. The predicted molar refractivity (Wildman–Crippen MR) is 375 cm³/mol. The summed E-state index contributed by atoms with van der Waals surface area (Å²) in [6, 6.07) is -0.544. The molecule has 0 spiro atoms. The van der Waals surface area contributed by atoms with Crippen molar-refractivity contribution in [2.75, 3.05) is 13.2 Å². The molecule has 0 aromatic heterocycles. The van der Waals surface area contributed by atoms with E-state index in [-0.39, 0.29) is 18.5 Å². The van der Waals surface area contributed by atoms with Gasteiger partial charge in [0.25, 0.3) is 0 Å². The number of esters is 1. The van der Waals surface area contributed by atoms with Crippen LogP contribution in [0.4, 0.5) is 0 Å². The first-order valence-electron chi connectivity index (χ1n) is 38.7. The maximum absolute atomic E-state index is 12.6. The van der Waals surface area contributed by atoms with E-state index in [0.717, 1.165) is 51.4 Å². The molecule has 0 saturated carbocycles. The number of aliphatic hydroxyl groups excluding tert-OH is 2. The van der Waals surface area contributed by atoms with Crippen molar-refractivity contribution < 1.29 is 24.5 Å². The maximum atomic E-state index is 12.6. The minimum atomic E-state index is -0.667. The van der Waals surface area contributed by atoms with Gasteiger partial charge in [0.2, 0.25) is 5.91 Å². The second-order valence-electron chi connectivity index (χ2n) is 26.7. The molecule has 0 aliphatic carbocycles. The molecule has 0 aliphatic rings. The summed E-state index contributed by atoms with van der Waals surface area (Å²) < 4.78 is 5.49. The lowest BCUT2D eigenvalue weighted by Crippen LogP contribution is -2.45. The van der Waals surface area contributed by atoms with Gasteiger partial charge in [0.15, 0.2) is 0 Å². The van der Waals surface area contributed by atoms with Gasteiger partial charge in [-0.3, -0.25) is 9.59 Å². The van der Waals surface area contributed by atoms with E-state index in [1.54, 1.807) is 0 Å². The summed E-state index contributed by atoms with van der Waals surface area (Å²) in [5, 5.41) is 23.5. The molecule has 0 aromatic carbocycles. The number of amides is 1. The van der Waals surface area contributed by atoms with Crippen LogP contribution in [0, 0.1) is 0 Å². The second kappa shape index (κ2) is 74.5. The normalized spacial score (nSPS) is 12.7. The highest BCUT2D eigenvalue weighted by Gasteiger charge is 2.20. The summed E-state index contributed by atoms with van der Waals surface area (Å²) in [7, 11) is 0. The van der Waals surface area contributed by atoms with Crippen LogP contribution in [0.3, 0.4) is 0 Å². The minimum Gasteiger partial charge on any atom is -0.466 e. The van der Waals surface area contributed by atoms with Gasteiger partial charge in [0.1, 0.15) is 0 Å². The summed E-state index contributed by atoms with van der Waals surface area (Å²) in [6.45, 7) is 4.97. The van der Waals surface area contributed by atoms with Crippen LogP contribution in [-0.4, -0.2) is 47.4 Å². The molecule has 0 rings (SSSR count). The predicted octanol–water partition coefficient (Wildman–Crippen LogP) is 25.4. The molecule has 0 aliphatic heterocycles.